The fourth-order valence-electron chi connectivity index (χ4n) is 2.73. The molecule has 1 saturated heterocycles. The highest BCUT2D eigenvalue weighted by Gasteiger charge is 2.39. The van der Waals surface area contributed by atoms with Gasteiger partial charge in [-0.25, -0.2) is 0 Å². The van der Waals surface area contributed by atoms with Crippen molar-refractivity contribution in [1.29, 1.82) is 0 Å². The maximum Gasteiger partial charge on any atom is 0.323 e. The molecule has 1 heterocycles. The van der Waals surface area contributed by atoms with Gasteiger partial charge in [0.05, 0.1) is 6.10 Å². The zero-order chi connectivity index (χ0) is 14.6. The van der Waals surface area contributed by atoms with E-state index in [9.17, 15) is 9.90 Å². The lowest BCUT2D eigenvalue weighted by atomic mass is 9.94. The number of carboxylic acid groups (broad SMARTS) is 1. The fraction of sp³-hybridized carbons (Fsp3) is 0.933. The third kappa shape index (κ3) is 4.72. The minimum absolute atomic E-state index is 0.0507. The van der Waals surface area contributed by atoms with Gasteiger partial charge in [-0.2, -0.15) is 0 Å². The number of hydrogen-bond acceptors (Lipinski definition) is 4. The predicted octanol–water partition coefficient (Wildman–Crippen LogP) is 1.80. The van der Waals surface area contributed by atoms with Crippen molar-refractivity contribution in [2.45, 2.75) is 63.6 Å². The molecule has 0 bridgehead atoms. The van der Waals surface area contributed by atoms with Gasteiger partial charge in [-0.15, -0.1) is 0 Å². The molecule has 0 aromatic carbocycles. The Kier molecular flexibility index (Phi) is 5.41. The van der Waals surface area contributed by atoms with E-state index in [1.165, 1.54) is 0 Å². The van der Waals surface area contributed by atoms with Crippen molar-refractivity contribution in [2.75, 3.05) is 19.8 Å². The Hall–Kier alpha value is -0.650. The molecular weight excluding hydrogens is 258 g/mol. The van der Waals surface area contributed by atoms with Gasteiger partial charge in [0, 0.05) is 32.3 Å². The van der Waals surface area contributed by atoms with E-state index in [4.69, 9.17) is 9.47 Å². The molecule has 0 spiro atoms. The van der Waals surface area contributed by atoms with Gasteiger partial charge < -0.3 is 14.6 Å². The smallest absolute Gasteiger partial charge is 0.323 e. The molecule has 2 atom stereocenters. The molecule has 2 N–H and O–H groups in total. The van der Waals surface area contributed by atoms with Crippen molar-refractivity contribution in [3.05, 3.63) is 0 Å². The van der Waals surface area contributed by atoms with Gasteiger partial charge in [0.1, 0.15) is 5.54 Å². The fourth-order valence-corrected chi connectivity index (χ4v) is 2.73. The SMILES string of the molecule is CC(CC(C)(NC1CC1)C(=O)O)OCC1CCOCC1. The third-order valence-electron chi connectivity index (χ3n) is 4.23. The molecule has 5 heteroatoms. The van der Waals surface area contributed by atoms with Crippen molar-refractivity contribution in [3.63, 3.8) is 0 Å². The van der Waals surface area contributed by atoms with E-state index in [0.717, 1.165) is 38.9 Å². The molecule has 116 valence electrons. The molecule has 0 aromatic heterocycles. The second-order valence-corrected chi connectivity index (χ2v) is 6.46. The van der Waals surface area contributed by atoms with Crippen molar-refractivity contribution in [1.82, 2.24) is 5.32 Å². The maximum absolute atomic E-state index is 11.5. The quantitative estimate of drug-likeness (QED) is 0.712. The number of ether oxygens (including phenoxy) is 2. The number of rotatable bonds is 8. The summed E-state index contributed by atoms with van der Waals surface area (Å²) in [5, 5.41) is 12.7. The molecule has 5 nitrogen and oxygen atoms in total. The molecule has 0 aromatic rings. The summed E-state index contributed by atoms with van der Waals surface area (Å²) >= 11 is 0. The molecule has 1 aliphatic carbocycles. The van der Waals surface area contributed by atoms with Gasteiger partial charge in [-0.1, -0.05) is 0 Å². The molecule has 2 rings (SSSR count). The van der Waals surface area contributed by atoms with Crippen LogP contribution in [0.15, 0.2) is 0 Å². The van der Waals surface area contributed by atoms with Crippen LogP contribution in [-0.2, 0) is 14.3 Å². The second kappa shape index (κ2) is 6.87. The van der Waals surface area contributed by atoms with E-state index in [-0.39, 0.29) is 6.10 Å². The summed E-state index contributed by atoms with van der Waals surface area (Å²) in [5.41, 5.74) is -0.879. The second-order valence-electron chi connectivity index (χ2n) is 6.46. The number of hydrogen-bond donors (Lipinski definition) is 2. The van der Waals surface area contributed by atoms with Crippen LogP contribution in [0.3, 0.4) is 0 Å². The predicted molar refractivity (Wildman–Crippen MR) is 75.8 cm³/mol. The highest BCUT2D eigenvalue weighted by molar-refractivity contribution is 5.78. The lowest BCUT2D eigenvalue weighted by Gasteiger charge is -2.30. The van der Waals surface area contributed by atoms with Gasteiger partial charge in [0.2, 0.25) is 0 Å². The molecule has 1 aliphatic heterocycles. The van der Waals surface area contributed by atoms with Crippen molar-refractivity contribution in [3.8, 4) is 0 Å². The Morgan fingerprint density at radius 2 is 2.05 bits per heavy atom. The average Bonchev–Trinajstić information content (AvgIpc) is 3.21. The van der Waals surface area contributed by atoms with Crippen molar-refractivity contribution >= 4 is 5.97 Å². The minimum atomic E-state index is -0.879. The Labute approximate surface area is 121 Å². The molecule has 2 unspecified atom stereocenters. The average molecular weight is 285 g/mol. The molecule has 20 heavy (non-hydrogen) atoms. The van der Waals surface area contributed by atoms with Crippen molar-refractivity contribution < 1.29 is 19.4 Å². The van der Waals surface area contributed by atoms with E-state index in [1.54, 1.807) is 6.92 Å². The van der Waals surface area contributed by atoms with Gasteiger partial charge in [0.15, 0.2) is 0 Å². The highest BCUT2D eigenvalue weighted by Crippen LogP contribution is 2.26. The van der Waals surface area contributed by atoms with Crippen LogP contribution in [0.2, 0.25) is 0 Å². The topological polar surface area (TPSA) is 67.8 Å². The van der Waals surface area contributed by atoms with Gasteiger partial charge in [-0.3, -0.25) is 10.1 Å². The van der Waals surface area contributed by atoms with E-state index in [0.29, 0.717) is 25.0 Å². The molecular formula is C15H27NO4. The van der Waals surface area contributed by atoms with Gasteiger partial charge in [-0.05, 0) is 45.4 Å². The van der Waals surface area contributed by atoms with E-state index in [2.05, 4.69) is 5.32 Å². The zero-order valence-corrected chi connectivity index (χ0v) is 12.6. The number of aliphatic carboxylic acids is 1. The largest absolute Gasteiger partial charge is 0.480 e. The Bertz CT molecular complexity index is 326. The standard InChI is InChI=1S/C15H27NO4/c1-11(20-10-12-5-7-19-8-6-12)9-15(2,14(17)18)16-13-3-4-13/h11-13,16H,3-10H2,1-2H3,(H,17,18). The Morgan fingerprint density at radius 3 is 2.60 bits per heavy atom. The number of carbonyl (C=O) groups is 1. The van der Waals surface area contributed by atoms with Gasteiger partial charge >= 0.3 is 5.97 Å². The Balaban J connectivity index is 1.75. The van der Waals surface area contributed by atoms with Crippen LogP contribution in [0.1, 0.15) is 46.0 Å². The summed E-state index contributed by atoms with van der Waals surface area (Å²) in [4.78, 5) is 11.5. The van der Waals surface area contributed by atoms with E-state index in [1.807, 2.05) is 6.92 Å². The summed E-state index contributed by atoms with van der Waals surface area (Å²) in [5.74, 6) is -0.232. The molecule has 0 radical (unpaired) electrons. The van der Waals surface area contributed by atoms with Crippen LogP contribution in [0, 0.1) is 5.92 Å². The van der Waals surface area contributed by atoms with Gasteiger partial charge in [0.25, 0.3) is 0 Å². The lowest BCUT2D eigenvalue weighted by Crippen LogP contribution is -2.52. The maximum atomic E-state index is 11.5. The number of nitrogens with one attached hydrogen (secondary N) is 1. The first-order chi connectivity index (χ1) is 9.49. The van der Waals surface area contributed by atoms with Crippen LogP contribution >= 0.6 is 0 Å². The summed E-state index contributed by atoms with van der Waals surface area (Å²) in [6.07, 6.45) is 4.71. The monoisotopic (exact) mass is 285 g/mol. The van der Waals surface area contributed by atoms with Crippen LogP contribution in [-0.4, -0.2) is 48.6 Å². The lowest BCUT2D eigenvalue weighted by molar-refractivity contribution is -0.146. The zero-order valence-electron chi connectivity index (χ0n) is 12.6. The Morgan fingerprint density at radius 1 is 1.40 bits per heavy atom. The van der Waals surface area contributed by atoms with Crippen LogP contribution < -0.4 is 5.32 Å². The first-order valence-electron chi connectivity index (χ1n) is 7.70. The summed E-state index contributed by atoms with van der Waals surface area (Å²) in [6.45, 7) is 6.08. The third-order valence-corrected chi connectivity index (χ3v) is 4.23. The van der Waals surface area contributed by atoms with Crippen LogP contribution in [0.5, 0.6) is 0 Å². The first-order valence-corrected chi connectivity index (χ1v) is 7.70. The summed E-state index contributed by atoms with van der Waals surface area (Å²) < 4.78 is 11.2. The summed E-state index contributed by atoms with van der Waals surface area (Å²) in [7, 11) is 0. The number of carboxylic acids is 1. The molecule has 1 saturated carbocycles. The van der Waals surface area contributed by atoms with Crippen LogP contribution in [0.4, 0.5) is 0 Å². The molecule has 2 fully saturated rings. The molecule has 2 aliphatic rings. The summed E-state index contributed by atoms with van der Waals surface area (Å²) in [6, 6.07) is 0.374. The van der Waals surface area contributed by atoms with E-state index >= 15 is 0 Å². The minimum Gasteiger partial charge on any atom is -0.480 e. The van der Waals surface area contributed by atoms with E-state index < -0.39 is 11.5 Å². The highest BCUT2D eigenvalue weighted by atomic mass is 16.5. The first kappa shape index (κ1) is 15.7. The van der Waals surface area contributed by atoms with Crippen molar-refractivity contribution in [2.24, 2.45) is 5.92 Å². The normalized spacial score (nSPS) is 25.1. The molecule has 0 amide bonds. The van der Waals surface area contributed by atoms with Crippen LogP contribution in [0.25, 0.3) is 0 Å².